The molecule has 2 heterocycles. The van der Waals surface area contributed by atoms with Crippen LogP contribution in [0.2, 0.25) is 0 Å². The van der Waals surface area contributed by atoms with Crippen LogP contribution in [0.4, 0.5) is 5.69 Å². The van der Waals surface area contributed by atoms with Gasteiger partial charge in [0.15, 0.2) is 5.76 Å². The van der Waals surface area contributed by atoms with Crippen molar-refractivity contribution in [2.75, 3.05) is 5.32 Å². The molecule has 1 aromatic carbocycles. The Morgan fingerprint density at radius 1 is 1.23 bits per heavy atom. The molecule has 9 heteroatoms. The predicted molar refractivity (Wildman–Crippen MR) is 97.2 cm³/mol. The number of nitrogens with zero attached hydrogens (tertiary/aromatic N) is 1. The lowest BCUT2D eigenvalue weighted by Crippen LogP contribution is -2.28. The van der Waals surface area contributed by atoms with Crippen molar-refractivity contribution in [1.82, 2.24) is 5.16 Å². The van der Waals surface area contributed by atoms with Gasteiger partial charge in [0.25, 0.3) is 0 Å². The monoisotopic (exact) mass is 389 g/mol. The van der Waals surface area contributed by atoms with Gasteiger partial charge in [-0.25, -0.2) is 13.6 Å². The third-order valence-corrected chi connectivity index (χ3v) is 6.20. The molecular formula is C17H15N3O4S2. The number of amides is 1. The average molecular weight is 389 g/mol. The molecule has 0 aliphatic heterocycles. The lowest BCUT2D eigenvalue weighted by Gasteiger charge is -2.12. The molecule has 4 rings (SSSR count). The first-order valence-electron chi connectivity index (χ1n) is 7.84. The Balaban J connectivity index is 1.53. The molecule has 1 aliphatic carbocycles. The minimum atomic E-state index is -3.76. The number of sulfonamides is 1. The molecule has 3 aromatic rings. The molecule has 26 heavy (non-hydrogen) atoms. The van der Waals surface area contributed by atoms with Crippen molar-refractivity contribution in [3.63, 3.8) is 0 Å². The molecule has 1 aliphatic rings. The number of rotatable bonds is 5. The third-order valence-electron chi connectivity index (χ3n) is 4.39. The third kappa shape index (κ3) is 3.05. The molecule has 1 amide bonds. The summed E-state index contributed by atoms with van der Waals surface area (Å²) in [6.45, 7) is 0. The van der Waals surface area contributed by atoms with Crippen LogP contribution in [-0.4, -0.2) is 19.5 Å². The topological polar surface area (TPSA) is 115 Å². The van der Waals surface area contributed by atoms with Gasteiger partial charge in [0, 0.05) is 11.8 Å². The minimum absolute atomic E-state index is 0.00581. The van der Waals surface area contributed by atoms with E-state index in [0.29, 0.717) is 30.0 Å². The Morgan fingerprint density at radius 3 is 2.54 bits per heavy atom. The van der Waals surface area contributed by atoms with Crippen molar-refractivity contribution in [3.05, 3.63) is 53.5 Å². The Labute approximate surface area is 153 Å². The molecule has 1 fully saturated rings. The summed E-state index contributed by atoms with van der Waals surface area (Å²) in [6.07, 6.45) is 1.37. The molecular weight excluding hydrogens is 374 g/mol. The van der Waals surface area contributed by atoms with E-state index in [0.717, 1.165) is 4.88 Å². The fraction of sp³-hybridized carbons (Fsp3) is 0.176. The van der Waals surface area contributed by atoms with Gasteiger partial charge in [-0.3, -0.25) is 4.79 Å². The number of carbonyl (C=O) groups is 1. The number of aromatic nitrogens is 1. The number of hydrogen-bond acceptors (Lipinski definition) is 6. The second-order valence-electron chi connectivity index (χ2n) is 6.16. The van der Waals surface area contributed by atoms with E-state index in [2.05, 4.69) is 10.5 Å². The number of nitrogens with one attached hydrogen (secondary N) is 1. The van der Waals surface area contributed by atoms with E-state index in [4.69, 9.17) is 9.66 Å². The maximum absolute atomic E-state index is 12.7. The van der Waals surface area contributed by atoms with Gasteiger partial charge in [0.05, 0.1) is 20.9 Å². The number of hydrogen-bond donors (Lipinski definition) is 2. The summed E-state index contributed by atoms with van der Waals surface area (Å²) in [4.78, 5) is 13.7. The van der Waals surface area contributed by atoms with Crippen LogP contribution >= 0.6 is 11.3 Å². The second kappa shape index (κ2) is 6.04. The highest BCUT2D eigenvalue weighted by atomic mass is 32.2. The summed E-state index contributed by atoms with van der Waals surface area (Å²) in [5, 5.41) is 13.9. The van der Waals surface area contributed by atoms with Crippen LogP contribution in [0, 0.1) is 0 Å². The fourth-order valence-corrected chi connectivity index (χ4v) is 3.93. The van der Waals surface area contributed by atoms with Crippen LogP contribution in [-0.2, 0) is 20.2 Å². The van der Waals surface area contributed by atoms with Crippen molar-refractivity contribution in [1.29, 1.82) is 0 Å². The van der Waals surface area contributed by atoms with Crippen LogP contribution in [0.3, 0.4) is 0 Å². The predicted octanol–water partition coefficient (Wildman–Crippen LogP) is 2.72. The Kier molecular flexibility index (Phi) is 3.94. The van der Waals surface area contributed by atoms with E-state index in [1.165, 1.54) is 24.3 Å². The Bertz CT molecular complexity index is 1050. The highest BCUT2D eigenvalue weighted by Crippen LogP contribution is 2.49. The maximum atomic E-state index is 12.7. The largest absolute Gasteiger partial charge is 0.355 e. The molecule has 0 unspecified atom stereocenters. The first-order valence-corrected chi connectivity index (χ1v) is 10.3. The smallest absolute Gasteiger partial charge is 0.238 e. The molecule has 0 bridgehead atoms. The summed E-state index contributed by atoms with van der Waals surface area (Å²) in [5.74, 6) is 0.457. The number of primary sulfonamides is 1. The fourth-order valence-electron chi connectivity index (χ4n) is 2.74. The highest BCUT2D eigenvalue weighted by Gasteiger charge is 2.53. The van der Waals surface area contributed by atoms with Gasteiger partial charge in [-0.15, -0.1) is 11.3 Å². The van der Waals surface area contributed by atoms with E-state index in [1.807, 2.05) is 23.6 Å². The molecule has 0 saturated heterocycles. The van der Waals surface area contributed by atoms with Crippen LogP contribution in [0.5, 0.6) is 0 Å². The number of thiophene rings is 1. The van der Waals surface area contributed by atoms with Crippen LogP contribution < -0.4 is 10.5 Å². The molecule has 2 aromatic heterocycles. The van der Waals surface area contributed by atoms with Gasteiger partial charge < -0.3 is 9.84 Å². The van der Waals surface area contributed by atoms with E-state index in [1.54, 1.807) is 11.3 Å². The zero-order valence-corrected chi connectivity index (χ0v) is 15.1. The zero-order chi connectivity index (χ0) is 18.4. The molecule has 0 radical (unpaired) electrons. The minimum Gasteiger partial charge on any atom is -0.355 e. The van der Waals surface area contributed by atoms with Crippen molar-refractivity contribution in [2.24, 2.45) is 5.14 Å². The zero-order valence-electron chi connectivity index (χ0n) is 13.5. The highest BCUT2D eigenvalue weighted by molar-refractivity contribution is 7.89. The molecule has 134 valence electrons. The standard InChI is InChI=1S/C17H15N3O4S2/c18-26(22,23)12-5-3-11(4-6-12)19-16(21)17(7-8-17)15-10-13(24-20-15)14-2-1-9-25-14/h1-6,9-10H,7-8H2,(H,19,21)(H2,18,22,23). The van der Waals surface area contributed by atoms with E-state index < -0.39 is 15.4 Å². The normalized spacial score (nSPS) is 15.6. The molecule has 1 saturated carbocycles. The molecule has 7 nitrogen and oxygen atoms in total. The summed E-state index contributed by atoms with van der Waals surface area (Å²) in [5.41, 5.74) is 0.410. The Morgan fingerprint density at radius 2 is 1.96 bits per heavy atom. The van der Waals surface area contributed by atoms with E-state index >= 15 is 0 Å². The maximum Gasteiger partial charge on any atom is 0.238 e. The van der Waals surface area contributed by atoms with Crippen LogP contribution in [0.15, 0.2) is 57.3 Å². The molecule has 0 spiro atoms. The Hall–Kier alpha value is -2.49. The second-order valence-corrected chi connectivity index (χ2v) is 8.67. The van der Waals surface area contributed by atoms with Crippen molar-refractivity contribution >= 4 is 33.0 Å². The van der Waals surface area contributed by atoms with Gasteiger partial charge in [-0.2, -0.15) is 0 Å². The van der Waals surface area contributed by atoms with Gasteiger partial charge in [0.2, 0.25) is 15.9 Å². The van der Waals surface area contributed by atoms with Crippen molar-refractivity contribution in [3.8, 4) is 10.6 Å². The van der Waals surface area contributed by atoms with E-state index in [9.17, 15) is 13.2 Å². The SMILES string of the molecule is NS(=O)(=O)c1ccc(NC(=O)C2(c3cc(-c4cccs4)on3)CC2)cc1. The van der Waals surface area contributed by atoms with Crippen molar-refractivity contribution < 1.29 is 17.7 Å². The molecule has 3 N–H and O–H groups in total. The molecule has 0 atom stereocenters. The lowest BCUT2D eigenvalue weighted by atomic mass is 10.0. The number of nitrogens with two attached hydrogens (primary N) is 1. The first kappa shape index (κ1) is 17.0. The number of carbonyl (C=O) groups excluding carboxylic acids is 1. The van der Waals surface area contributed by atoms with Gasteiger partial charge in [0.1, 0.15) is 0 Å². The lowest BCUT2D eigenvalue weighted by molar-refractivity contribution is -0.118. The summed E-state index contributed by atoms with van der Waals surface area (Å²) < 4.78 is 28.0. The number of anilines is 1. The first-order chi connectivity index (χ1) is 12.4. The van der Waals surface area contributed by atoms with Gasteiger partial charge in [-0.05, 0) is 48.6 Å². The summed E-state index contributed by atoms with van der Waals surface area (Å²) >= 11 is 1.54. The average Bonchev–Trinajstić information content (AvgIpc) is 3.02. The summed E-state index contributed by atoms with van der Waals surface area (Å²) in [6, 6.07) is 11.4. The van der Waals surface area contributed by atoms with Crippen molar-refractivity contribution in [2.45, 2.75) is 23.2 Å². The van der Waals surface area contributed by atoms with E-state index in [-0.39, 0.29) is 10.8 Å². The number of benzene rings is 1. The summed E-state index contributed by atoms with van der Waals surface area (Å²) in [7, 11) is -3.76. The van der Waals surface area contributed by atoms with Gasteiger partial charge in [-0.1, -0.05) is 11.2 Å². The quantitative estimate of drug-likeness (QED) is 0.696. The van der Waals surface area contributed by atoms with Crippen LogP contribution in [0.1, 0.15) is 18.5 Å². The van der Waals surface area contributed by atoms with Gasteiger partial charge >= 0.3 is 0 Å². The van der Waals surface area contributed by atoms with Crippen LogP contribution in [0.25, 0.3) is 10.6 Å².